The van der Waals surface area contributed by atoms with Crippen LogP contribution in [0.15, 0.2) is 36.7 Å². The second kappa shape index (κ2) is 5.08. The number of anilines is 1. The summed E-state index contributed by atoms with van der Waals surface area (Å²) in [5.41, 5.74) is 3.88. The van der Waals surface area contributed by atoms with E-state index in [1.165, 1.54) is 16.8 Å². The van der Waals surface area contributed by atoms with Gasteiger partial charge in [-0.1, -0.05) is 39.0 Å². The second-order valence-corrected chi connectivity index (χ2v) is 6.11. The number of rotatable bonds is 3. The first-order chi connectivity index (χ1) is 8.88. The van der Waals surface area contributed by atoms with Gasteiger partial charge < -0.3 is 5.32 Å². The SMILES string of the molecule is CC(Nc1ccccc1C(C)(C)C)c1cnn(C)c1. The van der Waals surface area contributed by atoms with Crippen molar-refractivity contribution in [2.24, 2.45) is 7.05 Å². The maximum atomic E-state index is 4.23. The van der Waals surface area contributed by atoms with Crippen LogP contribution < -0.4 is 5.32 Å². The van der Waals surface area contributed by atoms with E-state index >= 15 is 0 Å². The molecule has 1 heterocycles. The minimum absolute atomic E-state index is 0.137. The van der Waals surface area contributed by atoms with Crippen molar-refractivity contribution in [1.29, 1.82) is 0 Å². The van der Waals surface area contributed by atoms with E-state index in [2.05, 4.69) is 68.6 Å². The molecule has 102 valence electrons. The van der Waals surface area contributed by atoms with Crippen molar-refractivity contribution in [3.63, 3.8) is 0 Å². The Labute approximate surface area is 115 Å². The van der Waals surface area contributed by atoms with Crippen LogP contribution in [-0.2, 0) is 12.5 Å². The van der Waals surface area contributed by atoms with Gasteiger partial charge in [0.25, 0.3) is 0 Å². The zero-order chi connectivity index (χ0) is 14.0. The fourth-order valence-corrected chi connectivity index (χ4v) is 2.24. The summed E-state index contributed by atoms with van der Waals surface area (Å²) in [6.45, 7) is 8.88. The Kier molecular flexibility index (Phi) is 3.65. The van der Waals surface area contributed by atoms with Gasteiger partial charge in [0, 0.05) is 24.5 Å². The van der Waals surface area contributed by atoms with E-state index in [4.69, 9.17) is 0 Å². The molecule has 0 aliphatic heterocycles. The Balaban J connectivity index is 2.24. The van der Waals surface area contributed by atoms with Crippen molar-refractivity contribution >= 4 is 5.69 Å². The molecule has 1 N–H and O–H groups in total. The van der Waals surface area contributed by atoms with Gasteiger partial charge in [-0.2, -0.15) is 5.10 Å². The summed E-state index contributed by atoms with van der Waals surface area (Å²) in [6, 6.07) is 8.76. The molecule has 0 fully saturated rings. The van der Waals surface area contributed by atoms with Gasteiger partial charge in [-0.25, -0.2) is 0 Å². The largest absolute Gasteiger partial charge is 0.378 e. The van der Waals surface area contributed by atoms with E-state index in [1.807, 2.05) is 17.9 Å². The topological polar surface area (TPSA) is 29.9 Å². The van der Waals surface area contributed by atoms with Crippen molar-refractivity contribution in [3.8, 4) is 0 Å². The van der Waals surface area contributed by atoms with Crippen molar-refractivity contribution in [3.05, 3.63) is 47.8 Å². The third kappa shape index (κ3) is 3.16. The first-order valence-corrected chi connectivity index (χ1v) is 6.72. The normalized spacial score (nSPS) is 13.3. The van der Waals surface area contributed by atoms with Gasteiger partial charge in [0.15, 0.2) is 0 Å². The maximum absolute atomic E-state index is 4.23. The molecule has 0 saturated carbocycles. The molecule has 2 aromatic rings. The maximum Gasteiger partial charge on any atom is 0.0542 e. The highest BCUT2D eigenvalue weighted by Gasteiger charge is 2.18. The number of aryl methyl sites for hydroxylation is 1. The molecule has 0 spiro atoms. The van der Waals surface area contributed by atoms with Crippen molar-refractivity contribution < 1.29 is 0 Å². The van der Waals surface area contributed by atoms with Crippen LogP contribution in [0.4, 0.5) is 5.69 Å². The molecule has 2 rings (SSSR count). The minimum Gasteiger partial charge on any atom is -0.378 e. The average Bonchev–Trinajstić information content (AvgIpc) is 2.75. The monoisotopic (exact) mass is 257 g/mol. The Morgan fingerprint density at radius 1 is 1.21 bits per heavy atom. The zero-order valence-corrected chi connectivity index (χ0v) is 12.4. The van der Waals surface area contributed by atoms with Crippen LogP contribution in [-0.4, -0.2) is 9.78 Å². The van der Waals surface area contributed by atoms with Crippen LogP contribution in [0.1, 0.15) is 44.9 Å². The molecule has 19 heavy (non-hydrogen) atoms. The highest BCUT2D eigenvalue weighted by atomic mass is 15.2. The third-order valence-electron chi connectivity index (χ3n) is 3.33. The number of hydrogen-bond donors (Lipinski definition) is 1. The van der Waals surface area contributed by atoms with E-state index in [-0.39, 0.29) is 11.5 Å². The molecule has 0 bridgehead atoms. The molecule has 0 radical (unpaired) electrons. The Morgan fingerprint density at radius 2 is 1.89 bits per heavy atom. The molecular formula is C16H23N3. The van der Waals surface area contributed by atoms with Crippen LogP contribution in [0.2, 0.25) is 0 Å². The number of nitrogens with zero attached hydrogens (tertiary/aromatic N) is 2. The molecular weight excluding hydrogens is 234 g/mol. The fourth-order valence-electron chi connectivity index (χ4n) is 2.24. The molecule has 1 atom stereocenters. The van der Waals surface area contributed by atoms with Gasteiger partial charge in [0.1, 0.15) is 0 Å². The van der Waals surface area contributed by atoms with Crippen LogP contribution in [0.25, 0.3) is 0 Å². The lowest BCUT2D eigenvalue weighted by molar-refractivity contribution is 0.590. The predicted molar refractivity (Wildman–Crippen MR) is 80.4 cm³/mol. The van der Waals surface area contributed by atoms with Crippen LogP contribution in [0, 0.1) is 0 Å². The highest BCUT2D eigenvalue weighted by molar-refractivity contribution is 5.55. The zero-order valence-electron chi connectivity index (χ0n) is 12.4. The molecule has 0 amide bonds. The van der Waals surface area contributed by atoms with Gasteiger partial charge in [-0.3, -0.25) is 4.68 Å². The van der Waals surface area contributed by atoms with Gasteiger partial charge >= 0.3 is 0 Å². The van der Waals surface area contributed by atoms with Crippen molar-refractivity contribution in [1.82, 2.24) is 9.78 Å². The van der Waals surface area contributed by atoms with Crippen molar-refractivity contribution in [2.45, 2.75) is 39.2 Å². The van der Waals surface area contributed by atoms with E-state index in [0.29, 0.717) is 0 Å². The van der Waals surface area contributed by atoms with E-state index in [0.717, 1.165) is 0 Å². The number of nitrogens with one attached hydrogen (secondary N) is 1. The second-order valence-electron chi connectivity index (χ2n) is 6.11. The molecule has 3 nitrogen and oxygen atoms in total. The average molecular weight is 257 g/mol. The van der Waals surface area contributed by atoms with Gasteiger partial charge in [0.2, 0.25) is 0 Å². The number of hydrogen-bond acceptors (Lipinski definition) is 2. The molecule has 0 saturated heterocycles. The first-order valence-electron chi connectivity index (χ1n) is 6.72. The molecule has 0 aliphatic rings. The molecule has 3 heteroatoms. The molecule has 1 aromatic heterocycles. The van der Waals surface area contributed by atoms with Gasteiger partial charge in [-0.05, 0) is 24.0 Å². The minimum atomic E-state index is 0.137. The summed E-state index contributed by atoms with van der Waals surface area (Å²) in [6.07, 6.45) is 3.97. The van der Waals surface area contributed by atoms with Crippen molar-refractivity contribution in [2.75, 3.05) is 5.32 Å². The number of aromatic nitrogens is 2. The summed E-state index contributed by atoms with van der Waals surface area (Å²) in [7, 11) is 1.94. The summed E-state index contributed by atoms with van der Waals surface area (Å²) in [4.78, 5) is 0. The quantitative estimate of drug-likeness (QED) is 0.904. The summed E-state index contributed by atoms with van der Waals surface area (Å²) in [5.74, 6) is 0. The smallest absolute Gasteiger partial charge is 0.0542 e. The van der Waals surface area contributed by atoms with E-state index in [1.54, 1.807) is 0 Å². The van der Waals surface area contributed by atoms with Crippen LogP contribution in [0.3, 0.4) is 0 Å². The van der Waals surface area contributed by atoms with Crippen LogP contribution >= 0.6 is 0 Å². The molecule has 1 aromatic carbocycles. The molecule has 1 unspecified atom stereocenters. The van der Waals surface area contributed by atoms with Crippen LogP contribution in [0.5, 0.6) is 0 Å². The highest BCUT2D eigenvalue weighted by Crippen LogP contribution is 2.31. The Morgan fingerprint density at radius 3 is 2.47 bits per heavy atom. The van der Waals surface area contributed by atoms with Gasteiger partial charge in [0.05, 0.1) is 12.2 Å². The third-order valence-corrected chi connectivity index (χ3v) is 3.33. The summed E-state index contributed by atoms with van der Waals surface area (Å²) < 4.78 is 1.84. The number of benzene rings is 1. The van der Waals surface area contributed by atoms with E-state index in [9.17, 15) is 0 Å². The summed E-state index contributed by atoms with van der Waals surface area (Å²) >= 11 is 0. The van der Waals surface area contributed by atoms with Gasteiger partial charge in [-0.15, -0.1) is 0 Å². The Hall–Kier alpha value is -1.77. The fraction of sp³-hybridized carbons (Fsp3) is 0.438. The number of para-hydroxylation sites is 1. The van der Waals surface area contributed by atoms with E-state index < -0.39 is 0 Å². The lowest BCUT2D eigenvalue weighted by Gasteiger charge is -2.25. The molecule has 0 aliphatic carbocycles. The lowest BCUT2D eigenvalue weighted by Crippen LogP contribution is -2.16. The first kappa shape index (κ1) is 13.7. The predicted octanol–water partition coefficient (Wildman–Crippen LogP) is 3.89. The standard InChI is InChI=1S/C16H23N3/c1-12(13-10-17-19(5)11-13)18-15-9-7-6-8-14(15)16(2,3)4/h6-12,18H,1-5H3. The lowest BCUT2D eigenvalue weighted by atomic mass is 9.85. The Bertz CT molecular complexity index is 549. The summed E-state index contributed by atoms with van der Waals surface area (Å²) in [5, 5.41) is 7.82.